The average molecular weight is 543 g/mol. The van der Waals surface area contributed by atoms with E-state index in [0.717, 1.165) is 18.4 Å². The van der Waals surface area contributed by atoms with Gasteiger partial charge in [0.1, 0.15) is 11.6 Å². The highest BCUT2D eigenvalue weighted by Crippen LogP contribution is 2.30. The summed E-state index contributed by atoms with van der Waals surface area (Å²) >= 11 is 0. The van der Waals surface area contributed by atoms with E-state index in [0.29, 0.717) is 61.6 Å². The van der Waals surface area contributed by atoms with Crippen molar-refractivity contribution in [1.29, 1.82) is 0 Å². The number of carbonyl (C=O) groups excluding carboxylic acids is 1. The molecular weight excluding hydrogens is 507 g/mol. The van der Waals surface area contributed by atoms with Crippen molar-refractivity contribution in [2.24, 2.45) is 5.92 Å². The summed E-state index contributed by atoms with van der Waals surface area (Å²) < 4.78 is 35.4. The number of carbonyl (C=O) groups is 1. The van der Waals surface area contributed by atoms with Gasteiger partial charge in [0.2, 0.25) is 11.9 Å². The van der Waals surface area contributed by atoms with E-state index in [9.17, 15) is 9.18 Å². The van der Waals surface area contributed by atoms with Crippen molar-refractivity contribution in [2.45, 2.75) is 25.6 Å². The molecule has 3 heterocycles. The predicted octanol–water partition coefficient (Wildman–Crippen LogP) is 2.81. The van der Waals surface area contributed by atoms with Gasteiger partial charge in [-0.25, -0.2) is 19.3 Å². The first-order valence-corrected chi connectivity index (χ1v) is 13.0. The minimum Gasteiger partial charge on any atom is -0.385 e. The number of halogens is 1. The SMILES string of the molecule is COCCCNC(=O)C1COC(Cc2nc(-c3ccc(F)cc3)c(-c3ccnc(NCCCOC)n3)[nH]2)OC1. The van der Waals surface area contributed by atoms with Crippen molar-refractivity contribution in [1.82, 2.24) is 25.3 Å². The highest BCUT2D eigenvalue weighted by atomic mass is 19.1. The average Bonchev–Trinajstić information content (AvgIpc) is 3.38. The Kier molecular flexibility index (Phi) is 10.7. The van der Waals surface area contributed by atoms with Gasteiger partial charge in [0.25, 0.3) is 0 Å². The lowest BCUT2D eigenvalue weighted by Crippen LogP contribution is -2.42. The van der Waals surface area contributed by atoms with E-state index in [4.69, 9.17) is 23.9 Å². The number of rotatable bonds is 14. The molecule has 11 nitrogen and oxygen atoms in total. The summed E-state index contributed by atoms with van der Waals surface area (Å²) in [6.07, 6.45) is 3.00. The van der Waals surface area contributed by atoms with Crippen LogP contribution in [-0.4, -0.2) is 85.9 Å². The van der Waals surface area contributed by atoms with Crippen LogP contribution in [0.1, 0.15) is 18.7 Å². The van der Waals surface area contributed by atoms with Crippen molar-refractivity contribution in [3.05, 3.63) is 48.2 Å². The van der Waals surface area contributed by atoms with Crippen molar-refractivity contribution in [2.75, 3.05) is 59.1 Å². The number of ether oxygens (including phenoxy) is 4. The molecule has 12 heteroatoms. The highest BCUT2D eigenvalue weighted by Gasteiger charge is 2.28. The molecule has 3 N–H and O–H groups in total. The summed E-state index contributed by atoms with van der Waals surface area (Å²) in [4.78, 5) is 29.4. The maximum Gasteiger partial charge on any atom is 0.227 e. The van der Waals surface area contributed by atoms with Gasteiger partial charge in [-0.1, -0.05) is 0 Å². The van der Waals surface area contributed by atoms with Crippen molar-refractivity contribution >= 4 is 11.9 Å². The number of hydrogen-bond donors (Lipinski definition) is 3. The molecule has 4 rings (SSSR count). The molecule has 1 aliphatic rings. The molecule has 1 aliphatic heterocycles. The van der Waals surface area contributed by atoms with Crippen LogP contribution >= 0.6 is 0 Å². The number of benzene rings is 1. The number of anilines is 1. The Balaban J connectivity index is 1.45. The second kappa shape index (κ2) is 14.6. The van der Waals surface area contributed by atoms with Crippen molar-refractivity contribution in [3.63, 3.8) is 0 Å². The molecule has 0 saturated carbocycles. The fourth-order valence-corrected chi connectivity index (χ4v) is 4.06. The summed E-state index contributed by atoms with van der Waals surface area (Å²) in [6, 6.07) is 7.92. The van der Waals surface area contributed by atoms with E-state index < -0.39 is 6.29 Å². The lowest BCUT2D eigenvalue weighted by atomic mass is 10.1. The van der Waals surface area contributed by atoms with Crippen LogP contribution in [0.25, 0.3) is 22.6 Å². The Morgan fingerprint density at radius 2 is 1.77 bits per heavy atom. The number of methoxy groups -OCH3 is 2. The summed E-state index contributed by atoms with van der Waals surface area (Å²) in [7, 11) is 3.29. The van der Waals surface area contributed by atoms with Gasteiger partial charge in [0, 0.05) is 52.3 Å². The van der Waals surface area contributed by atoms with E-state index in [1.54, 1.807) is 38.6 Å². The highest BCUT2D eigenvalue weighted by molar-refractivity contribution is 5.79. The van der Waals surface area contributed by atoms with Crippen LogP contribution in [0.2, 0.25) is 0 Å². The van der Waals surface area contributed by atoms with Gasteiger partial charge in [-0.05, 0) is 43.2 Å². The number of hydrogen-bond acceptors (Lipinski definition) is 9. The molecule has 3 aromatic rings. The molecule has 210 valence electrons. The Morgan fingerprint density at radius 3 is 2.49 bits per heavy atom. The number of nitrogens with zero attached hydrogens (tertiary/aromatic N) is 3. The fourth-order valence-electron chi connectivity index (χ4n) is 4.06. The summed E-state index contributed by atoms with van der Waals surface area (Å²) in [5, 5.41) is 6.07. The van der Waals surface area contributed by atoms with Gasteiger partial charge in [-0.15, -0.1) is 0 Å². The first-order valence-electron chi connectivity index (χ1n) is 13.0. The van der Waals surface area contributed by atoms with E-state index in [1.807, 2.05) is 0 Å². The Bertz CT molecular complexity index is 1180. The molecule has 0 aliphatic carbocycles. The van der Waals surface area contributed by atoms with Crippen LogP contribution in [0.15, 0.2) is 36.5 Å². The Morgan fingerprint density at radius 1 is 1.05 bits per heavy atom. The first-order chi connectivity index (χ1) is 19.1. The monoisotopic (exact) mass is 542 g/mol. The van der Waals surface area contributed by atoms with Crippen LogP contribution in [-0.2, 0) is 30.2 Å². The van der Waals surface area contributed by atoms with Crippen molar-refractivity contribution < 1.29 is 28.1 Å². The van der Waals surface area contributed by atoms with E-state index in [-0.39, 0.29) is 30.9 Å². The number of aromatic amines is 1. The standard InChI is InChI=1S/C27H35FN6O5/c1-36-13-3-10-29-26(35)19-16-38-23(39-17-19)15-22-33-24(18-5-7-20(28)8-6-18)25(34-22)21-9-12-31-27(32-21)30-11-4-14-37-2/h5-9,12,19,23H,3-4,10-11,13-17H2,1-2H3,(H,29,35)(H,33,34)(H,30,31,32). The fraction of sp³-hybridized carbons (Fsp3) is 0.481. The molecular formula is C27H35FN6O5. The van der Waals surface area contributed by atoms with Crippen molar-refractivity contribution in [3.8, 4) is 22.6 Å². The molecule has 1 fully saturated rings. The molecule has 0 atom stereocenters. The van der Waals surface area contributed by atoms with Gasteiger partial charge in [0.15, 0.2) is 6.29 Å². The molecule has 39 heavy (non-hydrogen) atoms. The summed E-state index contributed by atoms with van der Waals surface area (Å²) in [5.41, 5.74) is 2.66. The van der Waals surface area contributed by atoms with Gasteiger partial charge in [-0.3, -0.25) is 4.79 Å². The normalized spacial score (nSPS) is 17.2. The zero-order valence-corrected chi connectivity index (χ0v) is 22.2. The van der Waals surface area contributed by atoms with Crippen LogP contribution in [0.3, 0.4) is 0 Å². The van der Waals surface area contributed by atoms with Gasteiger partial charge >= 0.3 is 0 Å². The molecule has 2 aromatic heterocycles. The molecule has 0 bridgehead atoms. The topological polar surface area (TPSA) is 133 Å². The maximum absolute atomic E-state index is 13.6. The third kappa shape index (κ3) is 8.27. The number of aromatic nitrogens is 4. The molecule has 1 aromatic carbocycles. The van der Waals surface area contributed by atoms with Gasteiger partial charge < -0.3 is 34.6 Å². The smallest absolute Gasteiger partial charge is 0.227 e. The maximum atomic E-state index is 13.6. The molecule has 1 amide bonds. The minimum atomic E-state index is -0.564. The second-order valence-corrected chi connectivity index (χ2v) is 9.09. The lowest BCUT2D eigenvalue weighted by molar-refractivity contribution is -0.200. The number of amides is 1. The van der Waals surface area contributed by atoms with Crippen LogP contribution in [0, 0.1) is 11.7 Å². The number of H-pyrrole nitrogens is 1. The number of nitrogens with one attached hydrogen (secondary N) is 3. The zero-order chi connectivity index (χ0) is 27.5. The zero-order valence-electron chi connectivity index (χ0n) is 22.2. The van der Waals surface area contributed by atoms with Gasteiger partial charge in [-0.2, -0.15) is 0 Å². The second-order valence-electron chi connectivity index (χ2n) is 9.09. The largest absolute Gasteiger partial charge is 0.385 e. The van der Waals surface area contributed by atoms with E-state index >= 15 is 0 Å². The molecule has 0 spiro atoms. The minimum absolute atomic E-state index is 0.0983. The predicted molar refractivity (Wildman–Crippen MR) is 142 cm³/mol. The molecule has 0 radical (unpaired) electrons. The Labute approximate surface area is 226 Å². The van der Waals surface area contributed by atoms with E-state index in [2.05, 4.69) is 25.6 Å². The van der Waals surface area contributed by atoms with Crippen LogP contribution in [0.5, 0.6) is 0 Å². The lowest BCUT2D eigenvalue weighted by Gasteiger charge is -2.28. The summed E-state index contributed by atoms with van der Waals surface area (Å²) in [6.45, 7) is 2.94. The molecule has 1 saturated heterocycles. The first kappa shape index (κ1) is 28.6. The van der Waals surface area contributed by atoms with E-state index in [1.165, 1.54) is 12.1 Å². The Hall–Kier alpha value is -3.45. The quantitative estimate of drug-likeness (QED) is 0.263. The summed E-state index contributed by atoms with van der Waals surface area (Å²) in [5.74, 6) is 0.294. The third-order valence-corrected chi connectivity index (χ3v) is 6.11. The number of imidazole rings is 1. The van der Waals surface area contributed by atoms with Crippen LogP contribution < -0.4 is 10.6 Å². The van der Waals surface area contributed by atoms with Crippen LogP contribution in [0.4, 0.5) is 10.3 Å². The van der Waals surface area contributed by atoms with Gasteiger partial charge in [0.05, 0.1) is 42.6 Å². The molecule has 0 unspecified atom stereocenters. The third-order valence-electron chi connectivity index (χ3n) is 6.11.